The molecule has 0 bridgehead atoms. The van der Waals surface area contributed by atoms with Crippen molar-refractivity contribution in [2.45, 2.75) is 45.8 Å². The van der Waals surface area contributed by atoms with Crippen molar-refractivity contribution in [1.29, 1.82) is 0 Å². The van der Waals surface area contributed by atoms with Crippen LogP contribution in [0.15, 0.2) is 6.33 Å². The minimum atomic E-state index is -0.856. The highest BCUT2D eigenvalue weighted by Gasteiger charge is 2.39. The van der Waals surface area contributed by atoms with E-state index in [0.717, 1.165) is 13.0 Å². The van der Waals surface area contributed by atoms with E-state index in [4.69, 9.17) is 0 Å². The standard InChI is InChI=1S/C12H19N5O2/c1-4-5-17-9(13-8-14-17)6-16-7-10(18)15-12(2,3)11(16)19/h8H,4-7H2,1-3H3,(H,15,18). The van der Waals surface area contributed by atoms with E-state index in [1.807, 2.05) is 6.92 Å². The minimum absolute atomic E-state index is 0.0707. The van der Waals surface area contributed by atoms with Crippen LogP contribution in [-0.4, -0.2) is 43.6 Å². The molecule has 0 aromatic carbocycles. The Labute approximate surface area is 112 Å². The van der Waals surface area contributed by atoms with E-state index >= 15 is 0 Å². The molecular formula is C12H19N5O2. The summed E-state index contributed by atoms with van der Waals surface area (Å²) in [5.41, 5.74) is -0.856. The summed E-state index contributed by atoms with van der Waals surface area (Å²) in [6.07, 6.45) is 2.42. The van der Waals surface area contributed by atoms with Crippen LogP contribution in [0, 0.1) is 0 Å². The summed E-state index contributed by atoms with van der Waals surface area (Å²) < 4.78 is 1.77. The van der Waals surface area contributed by atoms with Gasteiger partial charge in [-0.05, 0) is 20.3 Å². The zero-order chi connectivity index (χ0) is 14.0. The summed E-state index contributed by atoms with van der Waals surface area (Å²) in [5.74, 6) is 0.463. The van der Waals surface area contributed by atoms with E-state index in [1.165, 1.54) is 11.2 Å². The molecule has 7 heteroatoms. The Bertz CT molecular complexity index is 494. The number of hydrogen-bond acceptors (Lipinski definition) is 4. The summed E-state index contributed by atoms with van der Waals surface area (Å²) in [5, 5.41) is 6.80. The molecule has 2 rings (SSSR count). The predicted molar refractivity (Wildman–Crippen MR) is 68.0 cm³/mol. The van der Waals surface area contributed by atoms with Crippen LogP contribution in [0.5, 0.6) is 0 Å². The van der Waals surface area contributed by atoms with Crippen LogP contribution in [0.3, 0.4) is 0 Å². The van der Waals surface area contributed by atoms with Gasteiger partial charge in [0.25, 0.3) is 0 Å². The first kappa shape index (κ1) is 13.5. The van der Waals surface area contributed by atoms with Crippen molar-refractivity contribution in [2.24, 2.45) is 0 Å². The molecular weight excluding hydrogens is 246 g/mol. The second kappa shape index (κ2) is 4.99. The summed E-state index contributed by atoms with van der Waals surface area (Å²) in [6.45, 7) is 6.60. The molecule has 0 unspecified atom stereocenters. The third kappa shape index (κ3) is 2.74. The Kier molecular flexibility index (Phi) is 3.55. The van der Waals surface area contributed by atoms with Crippen molar-refractivity contribution < 1.29 is 9.59 Å². The van der Waals surface area contributed by atoms with Crippen LogP contribution in [-0.2, 0) is 22.7 Å². The van der Waals surface area contributed by atoms with Gasteiger partial charge in [0.15, 0.2) is 0 Å². The maximum Gasteiger partial charge on any atom is 0.248 e. The lowest BCUT2D eigenvalue weighted by atomic mass is 10.0. The molecule has 7 nitrogen and oxygen atoms in total. The van der Waals surface area contributed by atoms with Crippen LogP contribution < -0.4 is 5.32 Å². The Morgan fingerprint density at radius 2 is 2.16 bits per heavy atom. The van der Waals surface area contributed by atoms with Crippen molar-refractivity contribution in [3.05, 3.63) is 12.2 Å². The maximum atomic E-state index is 12.2. The molecule has 0 radical (unpaired) electrons. The lowest BCUT2D eigenvalue weighted by Gasteiger charge is -2.37. The van der Waals surface area contributed by atoms with Gasteiger partial charge in [-0.3, -0.25) is 9.59 Å². The number of hydrogen-bond donors (Lipinski definition) is 1. The molecule has 1 aliphatic rings. The molecule has 0 aliphatic carbocycles. The zero-order valence-corrected chi connectivity index (χ0v) is 11.5. The molecule has 0 saturated carbocycles. The number of piperazine rings is 1. The van der Waals surface area contributed by atoms with Gasteiger partial charge in [-0.2, -0.15) is 5.10 Å². The molecule has 1 aliphatic heterocycles. The molecule has 0 atom stereocenters. The summed E-state index contributed by atoms with van der Waals surface area (Å²) in [6, 6.07) is 0. The number of nitrogens with one attached hydrogen (secondary N) is 1. The number of rotatable bonds is 4. The Balaban J connectivity index is 2.15. The number of nitrogens with zero attached hydrogens (tertiary/aromatic N) is 4. The fourth-order valence-corrected chi connectivity index (χ4v) is 2.19. The predicted octanol–water partition coefficient (Wildman–Crippen LogP) is -0.0749. The van der Waals surface area contributed by atoms with Gasteiger partial charge < -0.3 is 10.2 Å². The number of aryl methyl sites for hydroxylation is 1. The second-order valence-corrected chi connectivity index (χ2v) is 5.23. The second-order valence-electron chi connectivity index (χ2n) is 5.23. The minimum Gasteiger partial charge on any atom is -0.341 e. The van der Waals surface area contributed by atoms with Crippen LogP contribution in [0.4, 0.5) is 0 Å². The van der Waals surface area contributed by atoms with Crippen LogP contribution in [0.2, 0.25) is 0 Å². The quantitative estimate of drug-likeness (QED) is 0.826. The normalized spacial score (nSPS) is 18.6. The molecule has 1 saturated heterocycles. The smallest absolute Gasteiger partial charge is 0.248 e. The van der Waals surface area contributed by atoms with Gasteiger partial charge in [0, 0.05) is 6.54 Å². The van der Waals surface area contributed by atoms with E-state index in [1.54, 1.807) is 18.5 Å². The Morgan fingerprint density at radius 3 is 2.84 bits per heavy atom. The highest BCUT2D eigenvalue weighted by Crippen LogP contribution is 2.15. The van der Waals surface area contributed by atoms with Gasteiger partial charge in [0.2, 0.25) is 11.8 Å². The molecule has 2 amide bonds. The summed E-state index contributed by atoms with van der Waals surface area (Å²) in [7, 11) is 0. The van der Waals surface area contributed by atoms with Gasteiger partial charge in [0.05, 0.1) is 6.54 Å². The van der Waals surface area contributed by atoms with E-state index in [9.17, 15) is 9.59 Å². The molecule has 1 aromatic heterocycles. The van der Waals surface area contributed by atoms with Gasteiger partial charge in [-0.15, -0.1) is 0 Å². The lowest BCUT2D eigenvalue weighted by molar-refractivity contribution is -0.149. The summed E-state index contributed by atoms with van der Waals surface area (Å²) in [4.78, 5) is 29.6. The van der Waals surface area contributed by atoms with Gasteiger partial charge in [-0.25, -0.2) is 9.67 Å². The first-order chi connectivity index (χ1) is 8.94. The fraction of sp³-hybridized carbons (Fsp3) is 0.667. The highest BCUT2D eigenvalue weighted by molar-refractivity contribution is 5.97. The average Bonchev–Trinajstić information content (AvgIpc) is 2.73. The largest absolute Gasteiger partial charge is 0.341 e. The molecule has 2 heterocycles. The average molecular weight is 265 g/mol. The first-order valence-electron chi connectivity index (χ1n) is 6.41. The van der Waals surface area contributed by atoms with Crippen molar-refractivity contribution >= 4 is 11.8 Å². The van der Waals surface area contributed by atoms with Crippen molar-refractivity contribution in [3.63, 3.8) is 0 Å². The fourth-order valence-electron chi connectivity index (χ4n) is 2.19. The topological polar surface area (TPSA) is 80.1 Å². The van der Waals surface area contributed by atoms with E-state index in [0.29, 0.717) is 12.4 Å². The van der Waals surface area contributed by atoms with Gasteiger partial charge >= 0.3 is 0 Å². The molecule has 19 heavy (non-hydrogen) atoms. The van der Waals surface area contributed by atoms with Crippen molar-refractivity contribution in [2.75, 3.05) is 6.54 Å². The van der Waals surface area contributed by atoms with E-state index < -0.39 is 5.54 Å². The highest BCUT2D eigenvalue weighted by atomic mass is 16.2. The molecule has 1 aromatic rings. The van der Waals surface area contributed by atoms with Crippen molar-refractivity contribution in [1.82, 2.24) is 25.0 Å². The van der Waals surface area contributed by atoms with Crippen LogP contribution >= 0.6 is 0 Å². The van der Waals surface area contributed by atoms with E-state index in [2.05, 4.69) is 15.4 Å². The molecule has 0 spiro atoms. The SMILES string of the molecule is CCCn1ncnc1CN1CC(=O)NC(C)(C)C1=O. The van der Waals surface area contributed by atoms with Crippen LogP contribution in [0.25, 0.3) is 0 Å². The number of aromatic nitrogens is 3. The number of carbonyl (C=O) groups is 2. The molecule has 104 valence electrons. The third-order valence-corrected chi connectivity index (χ3v) is 3.07. The monoisotopic (exact) mass is 265 g/mol. The number of amides is 2. The summed E-state index contributed by atoms with van der Waals surface area (Å²) >= 11 is 0. The number of carbonyl (C=O) groups excluding carboxylic acids is 2. The Hall–Kier alpha value is -1.92. The van der Waals surface area contributed by atoms with Gasteiger partial charge in [0.1, 0.15) is 24.2 Å². The third-order valence-electron chi connectivity index (χ3n) is 3.07. The maximum absolute atomic E-state index is 12.2. The molecule has 1 fully saturated rings. The van der Waals surface area contributed by atoms with E-state index in [-0.39, 0.29) is 18.4 Å². The molecule has 1 N–H and O–H groups in total. The first-order valence-corrected chi connectivity index (χ1v) is 6.41. The Morgan fingerprint density at radius 1 is 1.42 bits per heavy atom. The lowest BCUT2D eigenvalue weighted by Crippen LogP contribution is -2.63. The van der Waals surface area contributed by atoms with Gasteiger partial charge in [-0.1, -0.05) is 6.92 Å². The zero-order valence-electron chi connectivity index (χ0n) is 11.5. The van der Waals surface area contributed by atoms with Crippen molar-refractivity contribution in [3.8, 4) is 0 Å². The van der Waals surface area contributed by atoms with Crippen LogP contribution in [0.1, 0.15) is 33.0 Å².